The summed E-state index contributed by atoms with van der Waals surface area (Å²) in [6.07, 6.45) is 0. The minimum absolute atomic E-state index is 0.0178. The first-order chi connectivity index (χ1) is 10.7. The van der Waals surface area contributed by atoms with Crippen molar-refractivity contribution in [3.8, 4) is 5.75 Å². The van der Waals surface area contributed by atoms with Crippen LogP contribution in [0.5, 0.6) is 5.75 Å². The molecule has 0 bridgehead atoms. The van der Waals surface area contributed by atoms with Gasteiger partial charge in [-0.25, -0.2) is 0 Å². The van der Waals surface area contributed by atoms with Crippen LogP contribution in [0.1, 0.15) is 20.8 Å². The van der Waals surface area contributed by atoms with Gasteiger partial charge >= 0.3 is 0 Å². The zero-order valence-corrected chi connectivity index (χ0v) is 13.9. The first-order valence-corrected chi connectivity index (χ1v) is 8.26. The van der Waals surface area contributed by atoms with Gasteiger partial charge < -0.3 is 19.9 Å². The molecule has 122 valence electrons. The molecule has 5 nitrogen and oxygen atoms in total. The van der Waals surface area contributed by atoms with Crippen molar-refractivity contribution in [1.82, 2.24) is 5.32 Å². The van der Waals surface area contributed by atoms with Crippen LogP contribution in [0.4, 0.5) is 5.69 Å². The summed E-state index contributed by atoms with van der Waals surface area (Å²) in [5.74, 6) is 1.10. The van der Waals surface area contributed by atoms with Crippen molar-refractivity contribution in [3.63, 3.8) is 0 Å². The number of amides is 1. The zero-order chi connectivity index (χ0) is 15.9. The number of ether oxygens (including phenoxy) is 1. The molecule has 0 spiro atoms. The number of benzene rings is 1. The molecule has 1 fully saturated rings. The van der Waals surface area contributed by atoms with E-state index >= 15 is 0 Å². The second-order valence-corrected chi connectivity index (χ2v) is 5.66. The Hall–Kier alpha value is -1.75. The number of nitrogens with one attached hydrogen (secondary N) is 2. The molecule has 5 heteroatoms. The summed E-state index contributed by atoms with van der Waals surface area (Å²) in [4.78, 5) is 15.7. The van der Waals surface area contributed by atoms with Crippen molar-refractivity contribution in [2.45, 2.75) is 26.8 Å². The first kappa shape index (κ1) is 16.6. The Labute approximate surface area is 133 Å². The van der Waals surface area contributed by atoms with Gasteiger partial charge in [0.25, 0.3) is 5.91 Å². The van der Waals surface area contributed by atoms with Crippen LogP contribution in [0.25, 0.3) is 0 Å². The lowest BCUT2D eigenvalue weighted by atomic mass is 10.2. The van der Waals surface area contributed by atoms with E-state index in [9.17, 15) is 4.79 Å². The lowest BCUT2D eigenvalue weighted by molar-refractivity contribution is -0.914. The lowest BCUT2D eigenvalue weighted by Gasteiger charge is -2.36. The van der Waals surface area contributed by atoms with Gasteiger partial charge in [0.1, 0.15) is 5.75 Å². The molecule has 1 atom stereocenters. The Kier molecular flexibility index (Phi) is 6.07. The molecule has 1 heterocycles. The predicted octanol–water partition coefficient (Wildman–Crippen LogP) is 0.315. The number of carbonyl (C=O) groups is 1. The number of anilines is 1. The van der Waals surface area contributed by atoms with E-state index in [2.05, 4.69) is 22.3 Å². The molecule has 0 radical (unpaired) electrons. The SMILES string of the molecule is CCNC(=O)[C@H](C)[NH+]1CCN(c2ccccc2OCC)CC1. The molecule has 2 rings (SSSR count). The lowest BCUT2D eigenvalue weighted by Crippen LogP contribution is -3.19. The Balaban J connectivity index is 1.96. The number of hydrogen-bond donors (Lipinski definition) is 2. The molecule has 1 amide bonds. The van der Waals surface area contributed by atoms with Crippen molar-refractivity contribution < 1.29 is 14.4 Å². The molecule has 1 aliphatic rings. The maximum atomic E-state index is 12.0. The molecule has 0 aliphatic carbocycles. The minimum Gasteiger partial charge on any atom is -0.492 e. The average molecular weight is 306 g/mol. The van der Waals surface area contributed by atoms with Crippen molar-refractivity contribution in [2.24, 2.45) is 0 Å². The summed E-state index contributed by atoms with van der Waals surface area (Å²) in [6.45, 7) is 11.2. The molecule has 0 unspecified atom stereocenters. The van der Waals surface area contributed by atoms with E-state index in [1.807, 2.05) is 32.9 Å². The summed E-state index contributed by atoms with van der Waals surface area (Å²) in [5, 5.41) is 2.92. The summed E-state index contributed by atoms with van der Waals surface area (Å²) < 4.78 is 5.72. The van der Waals surface area contributed by atoms with Crippen molar-refractivity contribution in [1.29, 1.82) is 0 Å². The Bertz CT molecular complexity index is 485. The maximum Gasteiger partial charge on any atom is 0.278 e. The van der Waals surface area contributed by atoms with E-state index < -0.39 is 0 Å². The third-order valence-electron chi connectivity index (χ3n) is 4.27. The van der Waals surface area contributed by atoms with Crippen LogP contribution in [-0.4, -0.2) is 51.3 Å². The molecule has 1 saturated heterocycles. The summed E-state index contributed by atoms with van der Waals surface area (Å²) in [5.41, 5.74) is 1.16. The highest BCUT2D eigenvalue weighted by atomic mass is 16.5. The molecular weight excluding hydrogens is 278 g/mol. The fourth-order valence-electron chi connectivity index (χ4n) is 2.98. The fraction of sp³-hybridized carbons (Fsp3) is 0.588. The maximum absolute atomic E-state index is 12.0. The van der Waals surface area contributed by atoms with Crippen LogP contribution in [0.3, 0.4) is 0 Å². The average Bonchev–Trinajstić information content (AvgIpc) is 2.55. The molecule has 1 aliphatic heterocycles. The first-order valence-electron chi connectivity index (χ1n) is 8.26. The van der Waals surface area contributed by atoms with Crippen LogP contribution in [0.15, 0.2) is 24.3 Å². The molecule has 0 aromatic heterocycles. The quantitative estimate of drug-likeness (QED) is 0.795. The monoisotopic (exact) mass is 306 g/mol. The largest absolute Gasteiger partial charge is 0.492 e. The number of quaternary nitrogens is 1. The van der Waals surface area contributed by atoms with E-state index in [0.29, 0.717) is 13.2 Å². The van der Waals surface area contributed by atoms with E-state index in [1.54, 1.807) is 0 Å². The molecule has 1 aromatic carbocycles. The highest BCUT2D eigenvalue weighted by Crippen LogP contribution is 2.27. The second-order valence-electron chi connectivity index (χ2n) is 5.66. The van der Waals surface area contributed by atoms with Gasteiger partial charge in [0.05, 0.1) is 38.5 Å². The van der Waals surface area contributed by atoms with Crippen LogP contribution in [0, 0.1) is 0 Å². The zero-order valence-electron chi connectivity index (χ0n) is 13.9. The van der Waals surface area contributed by atoms with Gasteiger partial charge in [-0.05, 0) is 32.9 Å². The highest BCUT2D eigenvalue weighted by molar-refractivity contribution is 5.79. The number of nitrogens with zero attached hydrogens (tertiary/aromatic N) is 1. The van der Waals surface area contributed by atoms with E-state index in [1.165, 1.54) is 4.90 Å². The minimum atomic E-state index is 0.0178. The van der Waals surface area contributed by atoms with Gasteiger partial charge in [-0.1, -0.05) is 12.1 Å². The Morgan fingerprint density at radius 3 is 2.64 bits per heavy atom. The molecule has 2 N–H and O–H groups in total. The van der Waals surface area contributed by atoms with E-state index in [-0.39, 0.29) is 11.9 Å². The van der Waals surface area contributed by atoms with Gasteiger partial charge in [-0.15, -0.1) is 0 Å². The highest BCUT2D eigenvalue weighted by Gasteiger charge is 2.29. The van der Waals surface area contributed by atoms with Crippen LogP contribution >= 0.6 is 0 Å². The summed E-state index contributed by atoms with van der Waals surface area (Å²) in [6, 6.07) is 8.21. The van der Waals surface area contributed by atoms with Crippen LogP contribution < -0.4 is 19.9 Å². The number of likely N-dealkylation sites (N-methyl/N-ethyl adjacent to an activating group) is 1. The van der Waals surface area contributed by atoms with E-state index in [4.69, 9.17) is 4.74 Å². The molecular formula is C17H28N3O2+. The van der Waals surface area contributed by atoms with Crippen molar-refractivity contribution in [2.75, 3.05) is 44.2 Å². The third kappa shape index (κ3) is 3.91. The summed E-state index contributed by atoms with van der Waals surface area (Å²) >= 11 is 0. The normalized spacial score (nSPS) is 17.1. The van der Waals surface area contributed by atoms with Crippen molar-refractivity contribution >= 4 is 11.6 Å². The third-order valence-corrected chi connectivity index (χ3v) is 4.27. The van der Waals surface area contributed by atoms with E-state index in [0.717, 1.165) is 37.6 Å². The number of rotatable bonds is 6. The van der Waals surface area contributed by atoms with Crippen LogP contribution in [-0.2, 0) is 4.79 Å². The topological polar surface area (TPSA) is 46.0 Å². The van der Waals surface area contributed by atoms with Gasteiger partial charge in [0, 0.05) is 6.54 Å². The predicted molar refractivity (Wildman–Crippen MR) is 88.7 cm³/mol. The Morgan fingerprint density at radius 1 is 1.32 bits per heavy atom. The molecule has 1 aromatic rings. The smallest absolute Gasteiger partial charge is 0.278 e. The Morgan fingerprint density at radius 2 is 2.00 bits per heavy atom. The standard InChI is InChI=1S/C17H27N3O2/c1-4-18-17(21)14(3)19-10-12-20(13-11-19)15-8-6-7-9-16(15)22-5-2/h6-9,14H,4-5,10-13H2,1-3H3,(H,18,21)/p+1/t14-/m0/s1. The fourth-order valence-corrected chi connectivity index (χ4v) is 2.98. The number of para-hydroxylation sites is 2. The van der Waals surface area contributed by atoms with Crippen molar-refractivity contribution in [3.05, 3.63) is 24.3 Å². The number of carbonyl (C=O) groups excluding carboxylic acids is 1. The van der Waals surface area contributed by atoms with Gasteiger partial charge in [0.2, 0.25) is 0 Å². The second kappa shape index (κ2) is 8.03. The van der Waals surface area contributed by atoms with Gasteiger partial charge in [-0.2, -0.15) is 0 Å². The van der Waals surface area contributed by atoms with Crippen LogP contribution in [0.2, 0.25) is 0 Å². The van der Waals surface area contributed by atoms with Gasteiger partial charge in [0.15, 0.2) is 6.04 Å². The number of hydrogen-bond acceptors (Lipinski definition) is 3. The molecule has 22 heavy (non-hydrogen) atoms. The summed E-state index contributed by atoms with van der Waals surface area (Å²) in [7, 11) is 0. The molecule has 0 saturated carbocycles. The van der Waals surface area contributed by atoms with Gasteiger partial charge in [-0.3, -0.25) is 4.79 Å². The number of piperazine rings is 1.